The van der Waals surface area contributed by atoms with Crippen LogP contribution in [0.4, 0.5) is 0 Å². The number of carbonyl (C=O) groups is 2. The van der Waals surface area contributed by atoms with Gasteiger partial charge in [-0.1, -0.05) is 43.3 Å². The van der Waals surface area contributed by atoms with Crippen molar-refractivity contribution in [3.8, 4) is 0 Å². The molecule has 0 aromatic heterocycles. The van der Waals surface area contributed by atoms with Crippen LogP contribution >= 0.6 is 0 Å². The van der Waals surface area contributed by atoms with Crippen LogP contribution in [0.5, 0.6) is 0 Å². The predicted molar refractivity (Wildman–Crippen MR) is 80.3 cm³/mol. The Morgan fingerprint density at radius 3 is 2.55 bits per heavy atom. The van der Waals surface area contributed by atoms with Gasteiger partial charge < -0.3 is 4.74 Å². The number of carbonyl (C=O) groups excluding carboxylic acids is 2. The fraction of sp³-hybridized carbons (Fsp3) is 0.412. The Labute approximate surface area is 120 Å². The van der Waals surface area contributed by atoms with Crippen molar-refractivity contribution in [1.82, 2.24) is 0 Å². The molecular weight excluding hydrogens is 252 g/mol. The number of ether oxygens (including phenoxy) is 1. The lowest BCUT2D eigenvalue weighted by Gasteiger charge is -2.14. The molecule has 3 nitrogen and oxygen atoms in total. The number of esters is 1. The lowest BCUT2D eigenvalue weighted by molar-refractivity contribution is -0.151. The van der Waals surface area contributed by atoms with Crippen molar-refractivity contribution in [2.45, 2.75) is 33.6 Å². The normalized spacial score (nSPS) is 12.3. The SMILES string of the molecule is CC/C=C/c1ccccc1CC(C(C)=O)C(=O)OCC. The summed E-state index contributed by atoms with van der Waals surface area (Å²) in [4.78, 5) is 23.5. The van der Waals surface area contributed by atoms with Gasteiger partial charge in [-0.2, -0.15) is 0 Å². The van der Waals surface area contributed by atoms with Crippen LogP contribution in [-0.4, -0.2) is 18.4 Å². The summed E-state index contributed by atoms with van der Waals surface area (Å²) in [6.45, 7) is 5.54. The van der Waals surface area contributed by atoms with E-state index in [2.05, 4.69) is 13.0 Å². The van der Waals surface area contributed by atoms with Gasteiger partial charge in [0.05, 0.1) is 6.61 Å². The quantitative estimate of drug-likeness (QED) is 0.565. The smallest absolute Gasteiger partial charge is 0.316 e. The van der Waals surface area contributed by atoms with Gasteiger partial charge in [0.25, 0.3) is 0 Å². The van der Waals surface area contributed by atoms with Gasteiger partial charge >= 0.3 is 5.97 Å². The number of benzene rings is 1. The Kier molecular flexibility index (Phi) is 6.71. The number of rotatable bonds is 7. The summed E-state index contributed by atoms with van der Waals surface area (Å²) in [6.07, 6.45) is 5.42. The Balaban J connectivity index is 2.96. The Morgan fingerprint density at radius 2 is 1.95 bits per heavy atom. The summed E-state index contributed by atoms with van der Waals surface area (Å²) in [5, 5.41) is 0. The van der Waals surface area contributed by atoms with Crippen LogP contribution in [0.1, 0.15) is 38.3 Å². The average Bonchev–Trinajstić information content (AvgIpc) is 2.43. The summed E-state index contributed by atoms with van der Waals surface area (Å²) in [7, 11) is 0. The number of ketones is 1. The fourth-order valence-corrected chi connectivity index (χ4v) is 1.98. The Bertz CT molecular complexity index is 489. The predicted octanol–water partition coefficient (Wildman–Crippen LogP) is 3.42. The van der Waals surface area contributed by atoms with Gasteiger partial charge in [-0.25, -0.2) is 0 Å². The molecule has 1 rings (SSSR count). The zero-order chi connectivity index (χ0) is 15.0. The standard InChI is InChI=1S/C17H22O3/c1-4-6-9-14-10-7-8-11-15(14)12-16(13(3)18)17(19)20-5-2/h6-11,16H,4-5,12H2,1-3H3/b9-6+. The molecule has 0 fully saturated rings. The van der Waals surface area contributed by atoms with Gasteiger partial charge in [0.2, 0.25) is 0 Å². The van der Waals surface area contributed by atoms with Crippen LogP contribution in [0.3, 0.4) is 0 Å². The average molecular weight is 274 g/mol. The Hall–Kier alpha value is -1.90. The van der Waals surface area contributed by atoms with Crippen molar-refractivity contribution in [3.05, 3.63) is 41.5 Å². The molecule has 0 radical (unpaired) electrons. The van der Waals surface area contributed by atoms with Gasteiger partial charge in [-0.3, -0.25) is 9.59 Å². The third-order valence-corrected chi connectivity index (χ3v) is 3.07. The van der Waals surface area contributed by atoms with Crippen molar-refractivity contribution in [2.75, 3.05) is 6.61 Å². The second-order valence-corrected chi connectivity index (χ2v) is 4.63. The van der Waals surface area contributed by atoms with E-state index in [4.69, 9.17) is 4.74 Å². The van der Waals surface area contributed by atoms with Crippen LogP contribution in [0.2, 0.25) is 0 Å². The van der Waals surface area contributed by atoms with Crippen LogP contribution in [0, 0.1) is 5.92 Å². The van der Waals surface area contributed by atoms with Crippen LogP contribution < -0.4 is 0 Å². The number of Topliss-reactive ketones (excluding diaryl/α,β-unsaturated/α-hetero) is 1. The van der Waals surface area contributed by atoms with Crippen LogP contribution in [-0.2, 0) is 20.7 Å². The van der Waals surface area contributed by atoms with Gasteiger partial charge in [-0.15, -0.1) is 0 Å². The minimum absolute atomic E-state index is 0.155. The summed E-state index contributed by atoms with van der Waals surface area (Å²) in [6, 6.07) is 7.81. The lowest BCUT2D eigenvalue weighted by Crippen LogP contribution is -2.26. The first-order valence-electron chi connectivity index (χ1n) is 7.01. The van der Waals surface area contributed by atoms with E-state index in [0.717, 1.165) is 17.5 Å². The van der Waals surface area contributed by atoms with Crippen molar-refractivity contribution >= 4 is 17.8 Å². The number of hydrogen-bond acceptors (Lipinski definition) is 3. The van der Waals surface area contributed by atoms with E-state index in [1.807, 2.05) is 30.3 Å². The van der Waals surface area contributed by atoms with E-state index in [1.165, 1.54) is 6.92 Å². The number of hydrogen-bond donors (Lipinski definition) is 0. The zero-order valence-electron chi connectivity index (χ0n) is 12.4. The summed E-state index contributed by atoms with van der Waals surface area (Å²) in [5.41, 5.74) is 2.04. The third kappa shape index (κ3) is 4.65. The first-order valence-corrected chi connectivity index (χ1v) is 7.01. The summed E-state index contributed by atoms with van der Waals surface area (Å²) < 4.78 is 4.98. The van der Waals surface area contributed by atoms with Gasteiger partial charge in [0, 0.05) is 0 Å². The molecule has 0 aliphatic carbocycles. The highest BCUT2D eigenvalue weighted by Crippen LogP contribution is 2.18. The fourth-order valence-electron chi connectivity index (χ4n) is 1.98. The summed E-state index contributed by atoms with van der Waals surface area (Å²) >= 11 is 0. The van der Waals surface area contributed by atoms with Gasteiger partial charge in [0.15, 0.2) is 0 Å². The number of allylic oxidation sites excluding steroid dienone is 1. The molecule has 20 heavy (non-hydrogen) atoms. The molecule has 1 unspecified atom stereocenters. The van der Waals surface area contributed by atoms with E-state index < -0.39 is 11.9 Å². The molecule has 0 saturated heterocycles. The van der Waals surface area contributed by atoms with Gasteiger partial charge in [-0.05, 0) is 37.8 Å². The van der Waals surface area contributed by atoms with Crippen molar-refractivity contribution in [1.29, 1.82) is 0 Å². The molecule has 0 amide bonds. The molecule has 1 aromatic rings. The van der Waals surface area contributed by atoms with E-state index in [9.17, 15) is 9.59 Å². The van der Waals surface area contributed by atoms with E-state index >= 15 is 0 Å². The molecule has 108 valence electrons. The molecule has 0 aliphatic heterocycles. The van der Waals surface area contributed by atoms with Crippen molar-refractivity contribution in [2.24, 2.45) is 5.92 Å². The maximum absolute atomic E-state index is 11.9. The maximum atomic E-state index is 11.9. The van der Waals surface area contributed by atoms with E-state index in [-0.39, 0.29) is 5.78 Å². The lowest BCUT2D eigenvalue weighted by atomic mass is 9.93. The monoisotopic (exact) mass is 274 g/mol. The van der Waals surface area contributed by atoms with Crippen LogP contribution in [0.15, 0.2) is 30.3 Å². The van der Waals surface area contributed by atoms with Gasteiger partial charge in [0.1, 0.15) is 11.7 Å². The molecule has 3 heteroatoms. The van der Waals surface area contributed by atoms with Crippen molar-refractivity contribution in [3.63, 3.8) is 0 Å². The minimum Gasteiger partial charge on any atom is -0.465 e. The highest BCUT2D eigenvalue weighted by molar-refractivity contribution is 5.98. The topological polar surface area (TPSA) is 43.4 Å². The second kappa shape index (κ2) is 8.31. The molecule has 0 bridgehead atoms. The van der Waals surface area contributed by atoms with E-state index in [0.29, 0.717) is 13.0 Å². The minimum atomic E-state index is -0.717. The molecule has 0 N–H and O–H groups in total. The third-order valence-electron chi connectivity index (χ3n) is 3.07. The maximum Gasteiger partial charge on any atom is 0.316 e. The Morgan fingerprint density at radius 1 is 1.25 bits per heavy atom. The largest absolute Gasteiger partial charge is 0.465 e. The highest BCUT2D eigenvalue weighted by atomic mass is 16.5. The second-order valence-electron chi connectivity index (χ2n) is 4.63. The first kappa shape index (κ1) is 16.2. The molecule has 0 saturated carbocycles. The highest BCUT2D eigenvalue weighted by Gasteiger charge is 2.25. The zero-order valence-corrected chi connectivity index (χ0v) is 12.4. The van der Waals surface area contributed by atoms with E-state index in [1.54, 1.807) is 6.92 Å². The molecule has 0 aliphatic rings. The molecule has 0 heterocycles. The molecule has 1 atom stereocenters. The molecule has 0 spiro atoms. The molecule has 1 aromatic carbocycles. The van der Waals surface area contributed by atoms with Crippen LogP contribution in [0.25, 0.3) is 6.08 Å². The first-order chi connectivity index (χ1) is 9.60. The summed E-state index contributed by atoms with van der Waals surface area (Å²) in [5.74, 6) is -1.31. The molecular formula is C17H22O3. The van der Waals surface area contributed by atoms with Crippen molar-refractivity contribution < 1.29 is 14.3 Å².